The number of aromatic amines is 1. The highest BCUT2D eigenvalue weighted by Crippen LogP contribution is 2.40. The standard InChI is InChI=1S/C20H15N3O4S2.C17H15NO2S/c1-26-16-9-14-15(10-17(16)27-12-13-5-3-2-4-6-13)21-8-7-18(14)28-20-22-11-19(29-20)23(24)25;1-19-15-9-13-14(18-8-7-17(13)21)10-16(15)20-11-12-5-3-2-4-6-12/h2-11H,12H2,1H3;2-10H,11H2,1H3,(H,18,21). The average Bonchev–Trinajstić information content (AvgIpc) is 3.63. The topological polar surface area (TPSA) is 122 Å². The van der Waals surface area contributed by atoms with Gasteiger partial charge in [0.25, 0.3) is 0 Å². The molecule has 0 radical (unpaired) electrons. The van der Waals surface area contributed by atoms with Gasteiger partial charge >= 0.3 is 5.00 Å². The summed E-state index contributed by atoms with van der Waals surface area (Å²) in [6.07, 6.45) is 4.80. The Kier molecular flexibility index (Phi) is 11.2. The number of nitro groups is 1. The smallest absolute Gasteiger partial charge is 0.344 e. The number of nitrogens with one attached hydrogen (secondary N) is 1. The molecule has 0 aliphatic carbocycles. The maximum atomic E-state index is 10.9. The number of fused-ring (bicyclic) bond motifs is 2. The molecule has 3 heterocycles. The predicted molar refractivity (Wildman–Crippen MR) is 198 cm³/mol. The van der Waals surface area contributed by atoms with Crippen LogP contribution in [-0.2, 0) is 13.2 Å². The molecule has 0 aliphatic heterocycles. The van der Waals surface area contributed by atoms with E-state index in [2.05, 4.69) is 15.0 Å². The van der Waals surface area contributed by atoms with Crippen molar-refractivity contribution in [3.63, 3.8) is 0 Å². The second kappa shape index (κ2) is 16.3. The molecule has 0 spiro atoms. The molecular formula is C37H30N4O6S3. The summed E-state index contributed by atoms with van der Waals surface area (Å²) in [4.78, 5) is 23.1. The van der Waals surface area contributed by atoms with Gasteiger partial charge in [-0.25, -0.2) is 4.98 Å². The van der Waals surface area contributed by atoms with E-state index in [9.17, 15) is 10.1 Å². The predicted octanol–water partition coefficient (Wildman–Crippen LogP) is 9.82. The van der Waals surface area contributed by atoms with Gasteiger partial charge in [0.15, 0.2) is 27.3 Å². The van der Waals surface area contributed by atoms with Gasteiger partial charge < -0.3 is 23.9 Å². The summed E-state index contributed by atoms with van der Waals surface area (Å²) in [6, 6.07) is 31.2. The van der Waals surface area contributed by atoms with Crippen molar-refractivity contribution >= 4 is 62.1 Å². The Labute approximate surface area is 300 Å². The number of nitrogens with zero attached hydrogens (tertiary/aromatic N) is 3. The molecule has 3 aromatic heterocycles. The number of aromatic nitrogens is 3. The van der Waals surface area contributed by atoms with E-state index in [1.807, 2.05) is 103 Å². The van der Waals surface area contributed by atoms with Crippen LogP contribution in [0, 0.1) is 14.6 Å². The molecule has 13 heteroatoms. The van der Waals surface area contributed by atoms with E-state index in [1.54, 1.807) is 20.4 Å². The average molecular weight is 723 g/mol. The van der Waals surface area contributed by atoms with E-state index in [0.29, 0.717) is 40.6 Å². The number of hydrogen-bond donors (Lipinski definition) is 1. The van der Waals surface area contributed by atoms with Crippen LogP contribution in [0.25, 0.3) is 21.8 Å². The number of thiazole rings is 1. The van der Waals surface area contributed by atoms with Crippen LogP contribution in [0.1, 0.15) is 11.1 Å². The molecule has 10 nitrogen and oxygen atoms in total. The van der Waals surface area contributed by atoms with E-state index >= 15 is 0 Å². The lowest BCUT2D eigenvalue weighted by atomic mass is 10.2. The lowest BCUT2D eigenvalue weighted by Gasteiger charge is -2.13. The number of pyridine rings is 2. The lowest BCUT2D eigenvalue weighted by molar-refractivity contribution is -0.380. The van der Waals surface area contributed by atoms with Crippen LogP contribution in [0.15, 0.2) is 125 Å². The molecule has 0 saturated carbocycles. The van der Waals surface area contributed by atoms with E-state index in [0.717, 1.165) is 53.7 Å². The van der Waals surface area contributed by atoms with Crippen molar-refractivity contribution in [3.05, 3.63) is 141 Å². The highest BCUT2D eigenvalue weighted by Gasteiger charge is 2.16. The van der Waals surface area contributed by atoms with Crippen molar-refractivity contribution in [1.82, 2.24) is 15.0 Å². The van der Waals surface area contributed by atoms with Crippen molar-refractivity contribution in [2.24, 2.45) is 0 Å². The molecule has 0 amide bonds. The fourth-order valence-electron chi connectivity index (χ4n) is 4.89. The van der Waals surface area contributed by atoms with Gasteiger partial charge in [-0.1, -0.05) is 84.6 Å². The second-order valence-corrected chi connectivity index (χ2v) is 13.3. The fraction of sp³-hybridized carbons (Fsp3) is 0.108. The van der Waals surface area contributed by atoms with Crippen LogP contribution in [0.3, 0.4) is 0 Å². The number of methoxy groups -OCH3 is 2. The molecule has 252 valence electrons. The molecule has 1 N–H and O–H groups in total. The minimum Gasteiger partial charge on any atom is -0.493 e. The first-order valence-corrected chi connectivity index (χ1v) is 17.2. The first-order chi connectivity index (χ1) is 24.4. The largest absolute Gasteiger partial charge is 0.493 e. The lowest BCUT2D eigenvalue weighted by Crippen LogP contribution is -1.98. The van der Waals surface area contributed by atoms with E-state index in [1.165, 1.54) is 18.0 Å². The van der Waals surface area contributed by atoms with Gasteiger partial charge in [0, 0.05) is 44.7 Å². The Hall–Kier alpha value is -5.50. The van der Waals surface area contributed by atoms with Crippen molar-refractivity contribution in [2.45, 2.75) is 22.4 Å². The summed E-state index contributed by atoms with van der Waals surface area (Å²) in [6.45, 7) is 0.913. The van der Waals surface area contributed by atoms with Crippen LogP contribution < -0.4 is 18.9 Å². The summed E-state index contributed by atoms with van der Waals surface area (Å²) in [5.41, 5.74) is 3.84. The zero-order valence-electron chi connectivity index (χ0n) is 26.9. The molecule has 0 aliphatic rings. The third kappa shape index (κ3) is 8.37. The zero-order chi connectivity index (χ0) is 34.9. The fourth-order valence-corrected chi connectivity index (χ4v) is 6.98. The van der Waals surface area contributed by atoms with Gasteiger partial charge in [-0.15, -0.1) is 0 Å². The Morgan fingerprint density at radius 1 is 0.800 bits per heavy atom. The normalized spacial score (nSPS) is 10.7. The maximum absolute atomic E-state index is 10.9. The minimum absolute atomic E-state index is 0.0139. The SMILES string of the molecule is COc1cc2c(=S)cc[nH]c2cc1OCc1ccccc1.COc1cc2c(Sc3ncc([N+](=O)[O-])s3)ccnc2cc1OCc1ccccc1. The molecule has 0 unspecified atom stereocenters. The van der Waals surface area contributed by atoms with Gasteiger partial charge in [-0.3, -0.25) is 15.1 Å². The summed E-state index contributed by atoms with van der Waals surface area (Å²) < 4.78 is 24.1. The summed E-state index contributed by atoms with van der Waals surface area (Å²) >= 11 is 7.73. The van der Waals surface area contributed by atoms with Crippen molar-refractivity contribution in [1.29, 1.82) is 0 Å². The third-order valence-electron chi connectivity index (χ3n) is 7.35. The Balaban J connectivity index is 0.000000182. The highest BCUT2D eigenvalue weighted by molar-refractivity contribution is 8.01. The molecule has 50 heavy (non-hydrogen) atoms. The quantitative estimate of drug-likeness (QED) is 0.0784. The third-order valence-corrected chi connectivity index (χ3v) is 9.81. The van der Waals surface area contributed by atoms with Gasteiger partial charge in [-0.05, 0) is 46.7 Å². The molecule has 0 saturated heterocycles. The monoisotopic (exact) mass is 722 g/mol. The Morgan fingerprint density at radius 2 is 1.42 bits per heavy atom. The van der Waals surface area contributed by atoms with Gasteiger partial charge in [0.05, 0.1) is 30.2 Å². The number of ether oxygens (including phenoxy) is 4. The van der Waals surface area contributed by atoms with Gasteiger partial charge in [0.1, 0.15) is 19.4 Å². The first kappa shape index (κ1) is 34.4. The van der Waals surface area contributed by atoms with E-state index < -0.39 is 4.92 Å². The summed E-state index contributed by atoms with van der Waals surface area (Å²) in [5.74, 6) is 2.58. The van der Waals surface area contributed by atoms with Crippen LogP contribution >= 0.6 is 35.3 Å². The Bertz CT molecular complexity index is 2300. The van der Waals surface area contributed by atoms with Crippen molar-refractivity contribution < 1.29 is 23.9 Å². The minimum atomic E-state index is -0.439. The molecule has 7 rings (SSSR count). The number of H-pyrrole nitrogens is 1. The molecule has 7 aromatic rings. The van der Waals surface area contributed by atoms with Gasteiger partial charge in [0.2, 0.25) is 0 Å². The Morgan fingerprint density at radius 3 is 2.02 bits per heavy atom. The van der Waals surface area contributed by atoms with Crippen molar-refractivity contribution in [2.75, 3.05) is 14.2 Å². The first-order valence-electron chi connectivity index (χ1n) is 15.2. The number of benzene rings is 4. The molecule has 4 aromatic carbocycles. The van der Waals surface area contributed by atoms with Gasteiger partial charge in [-0.2, -0.15) is 0 Å². The summed E-state index contributed by atoms with van der Waals surface area (Å²) in [7, 11) is 3.22. The second-order valence-electron chi connectivity index (χ2n) is 10.6. The highest BCUT2D eigenvalue weighted by atomic mass is 32.2. The van der Waals surface area contributed by atoms with Crippen LogP contribution in [0.5, 0.6) is 23.0 Å². The molecular weight excluding hydrogens is 693 g/mol. The molecule has 0 atom stereocenters. The van der Waals surface area contributed by atoms with E-state index in [4.69, 9.17) is 31.2 Å². The maximum Gasteiger partial charge on any atom is 0.344 e. The molecule has 0 bridgehead atoms. The van der Waals surface area contributed by atoms with Crippen LogP contribution in [0.2, 0.25) is 0 Å². The number of hydrogen-bond acceptors (Lipinski definition) is 11. The zero-order valence-corrected chi connectivity index (χ0v) is 29.3. The molecule has 0 fully saturated rings. The van der Waals surface area contributed by atoms with E-state index in [-0.39, 0.29) is 5.00 Å². The van der Waals surface area contributed by atoms with Crippen molar-refractivity contribution in [3.8, 4) is 23.0 Å². The van der Waals surface area contributed by atoms with Crippen LogP contribution in [-0.4, -0.2) is 34.1 Å². The van der Waals surface area contributed by atoms with Crippen LogP contribution in [0.4, 0.5) is 5.00 Å². The number of rotatable bonds is 11. The summed E-state index contributed by atoms with van der Waals surface area (Å²) in [5, 5.41) is 12.7.